The van der Waals surface area contributed by atoms with Crippen molar-refractivity contribution in [2.75, 3.05) is 32.8 Å². The van der Waals surface area contributed by atoms with Gasteiger partial charge >= 0.3 is 0 Å². The zero-order valence-electron chi connectivity index (χ0n) is 11.1. The molecule has 0 aromatic carbocycles. The fraction of sp³-hybridized carbons (Fsp3) is 1.00. The molecule has 1 fully saturated rings. The summed E-state index contributed by atoms with van der Waals surface area (Å²) in [5, 5.41) is 0. The van der Waals surface area contributed by atoms with E-state index in [1.807, 2.05) is 0 Å². The van der Waals surface area contributed by atoms with Gasteiger partial charge in [0.1, 0.15) is 0 Å². The minimum Gasteiger partial charge on any atom is -0.380 e. The van der Waals surface area contributed by atoms with Crippen LogP contribution in [0.2, 0.25) is 0 Å². The molecule has 1 aliphatic heterocycles. The van der Waals surface area contributed by atoms with Gasteiger partial charge in [0.15, 0.2) is 0 Å². The normalized spacial score (nSPS) is 26.8. The lowest BCUT2D eigenvalue weighted by Gasteiger charge is -2.25. The van der Waals surface area contributed by atoms with Crippen LogP contribution in [0.15, 0.2) is 0 Å². The molecule has 0 radical (unpaired) electrons. The Kier molecular flexibility index (Phi) is 6.32. The molecule has 3 nitrogen and oxygen atoms in total. The number of rotatable bonds is 7. The summed E-state index contributed by atoms with van der Waals surface area (Å²) in [7, 11) is 0. The predicted molar refractivity (Wildman–Crippen MR) is 68.5 cm³/mol. The molecule has 1 saturated heterocycles. The Labute approximate surface area is 100 Å². The molecule has 0 aromatic heterocycles. The Morgan fingerprint density at radius 1 is 1.38 bits per heavy atom. The van der Waals surface area contributed by atoms with E-state index in [4.69, 9.17) is 10.5 Å². The van der Waals surface area contributed by atoms with E-state index >= 15 is 0 Å². The summed E-state index contributed by atoms with van der Waals surface area (Å²) in [6.45, 7) is 11.5. The van der Waals surface area contributed by atoms with Crippen molar-refractivity contribution in [2.45, 2.75) is 39.7 Å². The highest BCUT2D eigenvalue weighted by Crippen LogP contribution is 2.22. The SMILES string of the molecule is CC(C)CCOCCN1CCC(C)C1CN. The quantitative estimate of drug-likeness (QED) is 0.674. The van der Waals surface area contributed by atoms with Gasteiger partial charge < -0.3 is 10.5 Å². The van der Waals surface area contributed by atoms with Crippen LogP contribution in [0.1, 0.15) is 33.6 Å². The molecule has 96 valence electrons. The number of ether oxygens (including phenoxy) is 1. The molecule has 0 spiro atoms. The van der Waals surface area contributed by atoms with Gasteiger partial charge in [-0.3, -0.25) is 4.90 Å². The third-order valence-electron chi connectivity index (χ3n) is 3.60. The Morgan fingerprint density at radius 3 is 2.75 bits per heavy atom. The summed E-state index contributed by atoms with van der Waals surface area (Å²) < 4.78 is 5.65. The summed E-state index contributed by atoms with van der Waals surface area (Å²) in [6.07, 6.45) is 2.45. The van der Waals surface area contributed by atoms with Crippen molar-refractivity contribution in [3.05, 3.63) is 0 Å². The maximum atomic E-state index is 5.80. The standard InChI is InChI=1S/C13H28N2O/c1-11(2)5-8-16-9-7-15-6-4-12(3)13(15)10-14/h11-13H,4-10,14H2,1-3H3. The molecule has 1 aliphatic rings. The summed E-state index contributed by atoms with van der Waals surface area (Å²) in [5.74, 6) is 1.49. The minimum atomic E-state index is 0.577. The second-order valence-electron chi connectivity index (χ2n) is 5.40. The van der Waals surface area contributed by atoms with Crippen molar-refractivity contribution >= 4 is 0 Å². The van der Waals surface area contributed by atoms with Crippen molar-refractivity contribution in [2.24, 2.45) is 17.6 Å². The van der Waals surface area contributed by atoms with Crippen LogP contribution in [-0.2, 0) is 4.74 Å². The Balaban J connectivity index is 2.08. The largest absolute Gasteiger partial charge is 0.380 e. The van der Waals surface area contributed by atoms with E-state index in [9.17, 15) is 0 Å². The van der Waals surface area contributed by atoms with Crippen molar-refractivity contribution in [3.8, 4) is 0 Å². The third kappa shape index (κ3) is 4.40. The van der Waals surface area contributed by atoms with Gasteiger partial charge in [0, 0.05) is 25.7 Å². The molecule has 2 atom stereocenters. The van der Waals surface area contributed by atoms with E-state index in [1.165, 1.54) is 13.0 Å². The molecule has 1 rings (SSSR count). The number of hydrogen-bond acceptors (Lipinski definition) is 3. The molecule has 2 N–H and O–H groups in total. The van der Waals surface area contributed by atoms with Crippen molar-refractivity contribution in [1.29, 1.82) is 0 Å². The van der Waals surface area contributed by atoms with Crippen LogP contribution in [0, 0.1) is 11.8 Å². The van der Waals surface area contributed by atoms with Gasteiger partial charge in [0.05, 0.1) is 6.61 Å². The van der Waals surface area contributed by atoms with E-state index in [-0.39, 0.29) is 0 Å². The number of likely N-dealkylation sites (tertiary alicyclic amines) is 1. The van der Waals surface area contributed by atoms with Crippen LogP contribution in [0.5, 0.6) is 0 Å². The lowest BCUT2D eigenvalue weighted by molar-refractivity contribution is 0.0905. The van der Waals surface area contributed by atoms with Gasteiger partial charge in [-0.25, -0.2) is 0 Å². The number of nitrogens with zero attached hydrogens (tertiary/aromatic N) is 1. The maximum absolute atomic E-state index is 5.80. The summed E-state index contributed by atoms with van der Waals surface area (Å²) in [6, 6.07) is 0.577. The average molecular weight is 228 g/mol. The van der Waals surface area contributed by atoms with E-state index in [2.05, 4.69) is 25.7 Å². The molecule has 0 amide bonds. The van der Waals surface area contributed by atoms with E-state index in [0.717, 1.165) is 44.6 Å². The summed E-state index contributed by atoms with van der Waals surface area (Å²) >= 11 is 0. The number of hydrogen-bond donors (Lipinski definition) is 1. The lowest BCUT2D eigenvalue weighted by atomic mass is 10.0. The fourth-order valence-electron chi connectivity index (χ4n) is 2.35. The molecule has 0 aliphatic carbocycles. The molecule has 16 heavy (non-hydrogen) atoms. The molecule has 3 heteroatoms. The van der Waals surface area contributed by atoms with Crippen molar-refractivity contribution in [1.82, 2.24) is 4.90 Å². The summed E-state index contributed by atoms with van der Waals surface area (Å²) in [4.78, 5) is 2.49. The predicted octanol–water partition coefficient (Wildman–Crippen LogP) is 1.72. The first-order chi connectivity index (χ1) is 7.65. The minimum absolute atomic E-state index is 0.577. The zero-order chi connectivity index (χ0) is 12.0. The molecule has 1 heterocycles. The van der Waals surface area contributed by atoms with Crippen LogP contribution in [-0.4, -0.2) is 43.8 Å². The van der Waals surface area contributed by atoms with Gasteiger partial charge in [-0.1, -0.05) is 20.8 Å². The van der Waals surface area contributed by atoms with Gasteiger partial charge in [0.25, 0.3) is 0 Å². The van der Waals surface area contributed by atoms with E-state index in [0.29, 0.717) is 6.04 Å². The monoisotopic (exact) mass is 228 g/mol. The zero-order valence-corrected chi connectivity index (χ0v) is 11.1. The molecule has 0 aromatic rings. The second-order valence-corrected chi connectivity index (χ2v) is 5.40. The van der Waals surface area contributed by atoms with Gasteiger partial charge in [-0.2, -0.15) is 0 Å². The Bertz CT molecular complexity index is 185. The third-order valence-corrected chi connectivity index (χ3v) is 3.60. The van der Waals surface area contributed by atoms with Crippen molar-refractivity contribution in [3.63, 3.8) is 0 Å². The lowest BCUT2D eigenvalue weighted by Crippen LogP contribution is -2.40. The smallest absolute Gasteiger partial charge is 0.0593 e. The van der Waals surface area contributed by atoms with Crippen LogP contribution >= 0.6 is 0 Å². The van der Waals surface area contributed by atoms with Crippen LogP contribution in [0.3, 0.4) is 0 Å². The molecule has 0 bridgehead atoms. The Morgan fingerprint density at radius 2 is 2.12 bits per heavy atom. The van der Waals surface area contributed by atoms with Crippen LogP contribution in [0.4, 0.5) is 0 Å². The highest BCUT2D eigenvalue weighted by atomic mass is 16.5. The first kappa shape index (κ1) is 13.9. The highest BCUT2D eigenvalue weighted by molar-refractivity contribution is 4.84. The highest BCUT2D eigenvalue weighted by Gasteiger charge is 2.29. The van der Waals surface area contributed by atoms with E-state index in [1.54, 1.807) is 0 Å². The topological polar surface area (TPSA) is 38.5 Å². The average Bonchev–Trinajstić information content (AvgIpc) is 2.58. The second kappa shape index (κ2) is 7.25. The Hall–Kier alpha value is -0.120. The maximum Gasteiger partial charge on any atom is 0.0593 e. The molecular weight excluding hydrogens is 200 g/mol. The molecule has 2 unspecified atom stereocenters. The molecule has 0 saturated carbocycles. The van der Waals surface area contributed by atoms with Crippen molar-refractivity contribution < 1.29 is 4.74 Å². The van der Waals surface area contributed by atoms with Gasteiger partial charge in [-0.15, -0.1) is 0 Å². The number of nitrogens with two attached hydrogens (primary N) is 1. The first-order valence-corrected chi connectivity index (χ1v) is 6.67. The first-order valence-electron chi connectivity index (χ1n) is 6.67. The van der Waals surface area contributed by atoms with E-state index < -0.39 is 0 Å². The van der Waals surface area contributed by atoms with Crippen LogP contribution in [0.25, 0.3) is 0 Å². The van der Waals surface area contributed by atoms with Crippen LogP contribution < -0.4 is 5.73 Å². The van der Waals surface area contributed by atoms with Gasteiger partial charge in [0.2, 0.25) is 0 Å². The molecular formula is C13H28N2O. The summed E-state index contributed by atoms with van der Waals surface area (Å²) in [5.41, 5.74) is 5.80. The fourth-order valence-corrected chi connectivity index (χ4v) is 2.35. The van der Waals surface area contributed by atoms with Gasteiger partial charge in [-0.05, 0) is 31.2 Å².